The normalized spacial score (nSPS) is 27.1. The van der Waals surface area contributed by atoms with Crippen LogP contribution in [0.4, 0.5) is 0 Å². The van der Waals surface area contributed by atoms with Gasteiger partial charge in [0, 0.05) is 6.54 Å². The van der Waals surface area contributed by atoms with Crippen molar-refractivity contribution in [2.45, 2.75) is 6.04 Å². The van der Waals surface area contributed by atoms with Crippen LogP contribution in [0.25, 0.3) is 0 Å². The lowest BCUT2D eigenvalue weighted by atomic mass is 10.2. The van der Waals surface area contributed by atoms with Gasteiger partial charge in [-0.1, -0.05) is 0 Å². The molecule has 9 heavy (non-hydrogen) atoms. The molecule has 0 bridgehead atoms. The van der Waals surface area contributed by atoms with Gasteiger partial charge in [-0.05, 0) is 0 Å². The van der Waals surface area contributed by atoms with Gasteiger partial charge in [0.2, 0.25) is 12.2 Å². The standard InChI is InChI=1S/C5H7N2O2/c8-3-4-1-6-2-5(9)7-4/h4,6H,1-2H2,(H,7,9). The third-order valence-corrected chi connectivity index (χ3v) is 1.11. The van der Waals surface area contributed by atoms with Crippen LogP contribution < -0.4 is 10.6 Å². The van der Waals surface area contributed by atoms with Crippen molar-refractivity contribution in [3.63, 3.8) is 0 Å². The van der Waals surface area contributed by atoms with Crippen LogP contribution in [0.15, 0.2) is 0 Å². The van der Waals surface area contributed by atoms with Gasteiger partial charge in [-0.25, -0.2) is 0 Å². The van der Waals surface area contributed by atoms with E-state index in [0.29, 0.717) is 13.1 Å². The summed E-state index contributed by atoms with van der Waals surface area (Å²) in [5.41, 5.74) is 0. The van der Waals surface area contributed by atoms with Crippen molar-refractivity contribution >= 4 is 12.2 Å². The van der Waals surface area contributed by atoms with E-state index in [0.717, 1.165) is 0 Å². The van der Waals surface area contributed by atoms with Crippen molar-refractivity contribution in [3.05, 3.63) is 0 Å². The molecule has 4 heteroatoms. The van der Waals surface area contributed by atoms with E-state index in [1.165, 1.54) is 0 Å². The number of rotatable bonds is 1. The molecule has 1 fully saturated rings. The minimum Gasteiger partial charge on any atom is -0.343 e. The number of piperazine rings is 1. The molecule has 1 rings (SSSR count). The van der Waals surface area contributed by atoms with Crippen LogP contribution in [0.5, 0.6) is 0 Å². The Balaban J connectivity index is 2.40. The van der Waals surface area contributed by atoms with E-state index in [1.54, 1.807) is 6.29 Å². The van der Waals surface area contributed by atoms with Gasteiger partial charge in [-0.2, -0.15) is 0 Å². The Morgan fingerprint density at radius 3 is 2.89 bits per heavy atom. The number of carbonyl (C=O) groups excluding carboxylic acids is 2. The highest BCUT2D eigenvalue weighted by Crippen LogP contribution is 1.81. The molecule has 1 aliphatic rings. The van der Waals surface area contributed by atoms with Gasteiger partial charge in [0.1, 0.15) is 6.04 Å². The average molecular weight is 127 g/mol. The predicted octanol–water partition coefficient (Wildman–Crippen LogP) is -1.82. The van der Waals surface area contributed by atoms with Crippen molar-refractivity contribution in [2.24, 2.45) is 0 Å². The highest BCUT2D eigenvalue weighted by atomic mass is 16.2. The summed E-state index contributed by atoms with van der Waals surface area (Å²) < 4.78 is 0. The summed E-state index contributed by atoms with van der Waals surface area (Å²) >= 11 is 0. The van der Waals surface area contributed by atoms with E-state index >= 15 is 0 Å². The van der Waals surface area contributed by atoms with Gasteiger partial charge < -0.3 is 10.6 Å². The molecule has 1 unspecified atom stereocenters. The van der Waals surface area contributed by atoms with E-state index < -0.39 is 6.04 Å². The van der Waals surface area contributed by atoms with Crippen molar-refractivity contribution in [1.82, 2.24) is 10.6 Å². The zero-order valence-electron chi connectivity index (χ0n) is 4.81. The zero-order chi connectivity index (χ0) is 6.69. The second kappa shape index (κ2) is 2.59. The molecule has 1 heterocycles. The smallest absolute Gasteiger partial charge is 0.234 e. The lowest BCUT2D eigenvalue weighted by molar-refractivity contribution is -0.121. The first-order valence-corrected chi connectivity index (χ1v) is 2.70. The number of hydrogen-bond acceptors (Lipinski definition) is 3. The fourth-order valence-electron chi connectivity index (χ4n) is 0.698. The number of hydrogen-bond donors (Lipinski definition) is 2. The summed E-state index contributed by atoms with van der Waals surface area (Å²) in [4.78, 5) is 20.4. The van der Waals surface area contributed by atoms with Gasteiger partial charge in [-0.3, -0.25) is 9.59 Å². The maximum absolute atomic E-state index is 10.5. The Labute approximate surface area is 52.6 Å². The topological polar surface area (TPSA) is 58.2 Å². The van der Waals surface area contributed by atoms with Crippen LogP contribution in [0.1, 0.15) is 0 Å². The number of amides is 1. The van der Waals surface area contributed by atoms with E-state index in [2.05, 4.69) is 10.6 Å². The van der Waals surface area contributed by atoms with Crippen LogP contribution in [0, 0.1) is 0 Å². The summed E-state index contributed by atoms with van der Waals surface area (Å²) in [6, 6.07) is -0.453. The number of carbonyl (C=O) groups is 1. The molecule has 0 saturated carbocycles. The fraction of sp³-hybridized carbons (Fsp3) is 0.600. The Hall–Kier alpha value is -0.900. The van der Waals surface area contributed by atoms with E-state index in [9.17, 15) is 9.59 Å². The fourth-order valence-corrected chi connectivity index (χ4v) is 0.698. The molecule has 1 saturated heterocycles. The quantitative estimate of drug-likeness (QED) is 0.436. The summed E-state index contributed by atoms with van der Waals surface area (Å²) in [7, 11) is 0. The van der Waals surface area contributed by atoms with Crippen molar-refractivity contribution < 1.29 is 9.59 Å². The SMILES string of the molecule is O=[C]C1CNCC(=O)N1. The summed E-state index contributed by atoms with van der Waals surface area (Å²) in [6.45, 7) is 0.799. The van der Waals surface area contributed by atoms with Gasteiger partial charge in [0.05, 0.1) is 6.54 Å². The minimum absolute atomic E-state index is 0.144. The first-order chi connectivity index (χ1) is 4.33. The molecule has 49 valence electrons. The molecule has 0 aliphatic carbocycles. The van der Waals surface area contributed by atoms with Crippen LogP contribution in [-0.4, -0.2) is 31.3 Å². The Kier molecular flexibility index (Phi) is 1.79. The van der Waals surface area contributed by atoms with Crippen LogP contribution >= 0.6 is 0 Å². The molecule has 0 spiro atoms. The third-order valence-electron chi connectivity index (χ3n) is 1.11. The molecule has 1 aliphatic heterocycles. The van der Waals surface area contributed by atoms with Gasteiger partial charge in [0.15, 0.2) is 0 Å². The molecule has 1 amide bonds. The van der Waals surface area contributed by atoms with Gasteiger partial charge in [-0.15, -0.1) is 0 Å². The molecular weight excluding hydrogens is 120 g/mol. The Bertz CT molecular complexity index is 135. The second-order valence-corrected chi connectivity index (χ2v) is 1.87. The highest BCUT2D eigenvalue weighted by Gasteiger charge is 2.16. The minimum atomic E-state index is -0.453. The third kappa shape index (κ3) is 1.50. The lowest BCUT2D eigenvalue weighted by Gasteiger charge is -2.17. The van der Waals surface area contributed by atoms with Gasteiger partial charge in [0.25, 0.3) is 0 Å². The first-order valence-electron chi connectivity index (χ1n) is 2.70. The van der Waals surface area contributed by atoms with Crippen LogP contribution in [0.2, 0.25) is 0 Å². The maximum atomic E-state index is 10.5. The molecule has 0 aromatic carbocycles. The zero-order valence-corrected chi connectivity index (χ0v) is 4.81. The lowest BCUT2D eigenvalue weighted by Crippen LogP contribution is -2.52. The van der Waals surface area contributed by atoms with Crippen LogP contribution in [0.3, 0.4) is 0 Å². The maximum Gasteiger partial charge on any atom is 0.234 e. The Morgan fingerprint density at radius 2 is 2.44 bits per heavy atom. The van der Waals surface area contributed by atoms with Crippen LogP contribution in [-0.2, 0) is 9.59 Å². The first kappa shape index (κ1) is 6.22. The number of nitrogens with one attached hydrogen (secondary N) is 2. The molecule has 2 N–H and O–H groups in total. The van der Waals surface area contributed by atoms with Crippen molar-refractivity contribution in [3.8, 4) is 0 Å². The van der Waals surface area contributed by atoms with E-state index in [-0.39, 0.29) is 5.91 Å². The molecule has 4 nitrogen and oxygen atoms in total. The highest BCUT2D eigenvalue weighted by molar-refractivity contribution is 5.82. The summed E-state index contributed by atoms with van der Waals surface area (Å²) in [5, 5.41) is 5.20. The molecule has 0 aromatic heterocycles. The van der Waals surface area contributed by atoms with Gasteiger partial charge >= 0.3 is 0 Å². The second-order valence-electron chi connectivity index (χ2n) is 1.87. The summed E-state index contributed by atoms with van der Waals surface area (Å²) in [6.07, 6.45) is 1.69. The molecule has 1 atom stereocenters. The monoisotopic (exact) mass is 127 g/mol. The summed E-state index contributed by atoms with van der Waals surface area (Å²) in [5.74, 6) is -0.144. The molecule has 0 aromatic rings. The van der Waals surface area contributed by atoms with E-state index in [1.807, 2.05) is 0 Å². The Morgan fingerprint density at radius 1 is 1.67 bits per heavy atom. The van der Waals surface area contributed by atoms with E-state index in [4.69, 9.17) is 0 Å². The molecule has 1 radical (unpaired) electrons. The average Bonchev–Trinajstić information content (AvgIpc) is 1.88. The molecular formula is C5H7N2O2. The van der Waals surface area contributed by atoms with Crippen molar-refractivity contribution in [2.75, 3.05) is 13.1 Å². The van der Waals surface area contributed by atoms with Crippen molar-refractivity contribution in [1.29, 1.82) is 0 Å². The largest absolute Gasteiger partial charge is 0.343 e. The predicted molar refractivity (Wildman–Crippen MR) is 30.5 cm³/mol.